The number of unbranched alkanes of at least 4 members (excludes halogenated alkanes) is 1. The number of benzene rings is 1. The molecule has 1 aliphatic rings. The van der Waals surface area contributed by atoms with Gasteiger partial charge in [-0.3, -0.25) is 4.79 Å². The largest absolute Gasteiger partial charge is 0.497 e. The van der Waals surface area contributed by atoms with Crippen LogP contribution in [-0.4, -0.2) is 46.8 Å². The van der Waals surface area contributed by atoms with Crippen molar-refractivity contribution in [2.24, 2.45) is 0 Å². The zero-order valence-corrected chi connectivity index (χ0v) is 17.1. The first-order valence-electron chi connectivity index (χ1n) is 8.62. The second-order valence-corrected chi connectivity index (χ2v) is 8.69. The molecule has 8 heteroatoms. The Morgan fingerprint density at radius 1 is 1.33 bits per heavy atom. The minimum atomic E-state index is -3.60. The Hall–Kier alpha value is -1.83. The minimum Gasteiger partial charge on any atom is -0.497 e. The lowest BCUT2D eigenvalue weighted by atomic mass is 10.00. The number of ether oxygens (including phenoxy) is 2. The molecular weight excluding hydrogens is 390 g/mol. The Morgan fingerprint density at radius 3 is 2.63 bits per heavy atom. The number of methoxy groups -OCH3 is 1. The van der Waals surface area contributed by atoms with Crippen molar-refractivity contribution in [2.75, 3.05) is 19.9 Å². The third-order valence-electron chi connectivity index (χ3n) is 4.16. The van der Waals surface area contributed by atoms with E-state index >= 15 is 0 Å². The van der Waals surface area contributed by atoms with Crippen molar-refractivity contribution < 1.29 is 22.7 Å². The molecule has 0 saturated carbocycles. The smallest absolute Gasteiger partial charge is 0.175 e. The molecule has 0 radical (unpaired) electrons. The van der Waals surface area contributed by atoms with Crippen molar-refractivity contribution >= 4 is 27.7 Å². The van der Waals surface area contributed by atoms with Gasteiger partial charge in [0.05, 0.1) is 23.1 Å². The second kappa shape index (κ2) is 9.39. The van der Waals surface area contributed by atoms with Crippen LogP contribution in [0.2, 0.25) is 5.02 Å². The molecule has 0 heterocycles. The van der Waals surface area contributed by atoms with E-state index in [1.165, 1.54) is 13.2 Å². The minimum absolute atomic E-state index is 0.0352. The maximum Gasteiger partial charge on any atom is 0.175 e. The molecule has 1 aromatic carbocycles. The highest BCUT2D eigenvalue weighted by molar-refractivity contribution is 7.94. The second-order valence-electron chi connectivity index (χ2n) is 6.27. The lowest BCUT2D eigenvalue weighted by molar-refractivity contribution is -0.104. The lowest BCUT2D eigenvalue weighted by Gasteiger charge is -2.31. The van der Waals surface area contributed by atoms with E-state index in [2.05, 4.69) is 12.2 Å². The Kier molecular flexibility index (Phi) is 7.47. The van der Waals surface area contributed by atoms with Gasteiger partial charge in [0, 0.05) is 17.9 Å². The third-order valence-corrected chi connectivity index (χ3v) is 5.66. The average Bonchev–Trinajstić information content (AvgIpc) is 2.63. The zero-order valence-electron chi connectivity index (χ0n) is 15.6. The Bertz CT molecular complexity index is 848. The molecule has 1 aromatic rings. The molecule has 148 valence electrons. The fourth-order valence-electron chi connectivity index (χ4n) is 2.74. The highest BCUT2D eigenvalue weighted by Crippen LogP contribution is 2.33. The van der Waals surface area contributed by atoms with Gasteiger partial charge in [0.15, 0.2) is 15.9 Å². The summed E-state index contributed by atoms with van der Waals surface area (Å²) in [5.41, 5.74) is 0.296. The molecule has 0 spiro atoms. The molecule has 0 bridgehead atoms. The first-order chi connectivity index (χ1) is 12.8. The standard InChI is InChI=1S/C19H24ClNO5S/c1-4-5-8-21-16-9-13(12-22)10-18(27(3,23)24)19(16)26-17-7-6-14(25-2)11-15(17)20/h6-7,9-12,16,19,21H,4-5,8H2,1-3H3. The van der Waals surface area contributed by atoms with Crippen LogP contribution in [0, 0.1) is 0 Å². The monoisotopic (exact) mass is 413 g/mol. The van der Waals surface area contributed by atoms with Gasteiger partial charge in [-0.2, -0.15) is 0 Å². The van der Waals surface area contributed by atoms with Gasteiger partial charge in [0.1, 0.15) is 17.8 Å². The van der Waals surface area contributed by atoms with E-state index in [0.29, 0.717) is 34.9 Å². The molecule has 6 nitrogen and oxygen atoms in total. The number of nitrogens with one attached hydrogen (secondary N) is 1. The first kappa shape index (κ1) is 21.5. The third kappa shape index (κ3) is 5.57. The highest BCUT2D eigenvalue weighted by Gasteiger charge is 2.35. The van der Waals surface area contributed by atoms with Gasteiger partial charge in [-0.05, 0) is 31.2 Å². The number of allylic oxidation sites excluding steroid dienone is 2. The van der Waals surface area contributed by atoms with E-state index < -0.39 is 22.0 Å². The molecule has 0 fully saturated rings. The van der Waals surface area contributed by atoms with Crippen LogP contribution in [0.4, 0.5) is 0 Å². The number of carbonyl (C=O) groups is 1. The van der Waals surface area contributed by atoms with E-state index in [-0.39, 0.29) is 4.91 Å². The maximum atomic E-state index is 12.3. The molecule has 2 atom stereocenters. The summed E-state index contributed by atoms with van der Waals surface area (Å²) < 4.78 is 35.8. The molecule has 27 heavy (non-hydrogen) atoms. The van der Waals surface area contributed by atoms with Crippen molar-refractivity contribution in [1.29, 1.82) is 0 Å². The van der Waals surface area contributed by atoms with Gasteiger partial charge in [0.2, 0.25) is 0 Å². The fraction of sp³-hybridized carbons (Fsp3) is 0.421. The maximum absolute atomic E-state index is 12.3. The van der Waals surface area contributed by atoms with Crippen molar-refractivity contribution in [3.63, 3.8) is 0 Å². The number of aldehydes is 1. The normalized spacial score (nSPS) is 19.9. The Labute approximate surface area is 165 Å². The Balaban J connectivity index is 2.40. The molecule has 1 aliphatic carbocycles. The van der Waals surface area contributed by atoms with Gasteiger partial charge in [-0.1, -0.05) is 31.0 Å². The molecule has 0 amide bonds. The summed E-state index contributed by atoms with van der Waals surface area (Å²) in [6, 6.07) is 4.42. The summed E-state index contributed by atoms with van der Waals surface area (Å²) in [5.74, 6) is 0.901. The van der Waals surface area contributed by atoms with Crippen molar-refractivity contribution in [1.82, 2.24) is 5.32 Å². The van der Waals surface area contributed by atoms with Gasteiger partial charge >= 0.3 is 0 Å². The Morgan fingerprint density at radius 2 is 2.07 bits per heavy atom. The van der Waals surface area contributed by atoms with Crippen LogP contribution >= 0.6 is 11.6 Å². The van der Waals surface area contributed by atoms with Crippen molar-refractivity contribution in [2.45, 2.75) is 31.9 Å². The predicted octanol–water partition coefficient (Wildman–Crippen LogP) is 2.92. The van der Waals surface area contributed by atoms with Crippen molar-refractivity contribution in [3.8, 4) is 11.5 Å². The summed E-state index contributed by atoms with van der Waals surface area (Å²) in [7, 11) is -2.07. The zero-order chi connectivity index (χ0) is 20.0. The summed E-state index contributed by atoms with van der Waals surface area (Å²) in [5, 5.41) is 3.57. The highest BCUT2D eigenvalue weighted by atomic mass is 35.5. The molecule has 1 N–H and O–H groups in total. The molecule has 0 aromatic heterocycles. The van der Waals surface area contributed by atoms with E-state index in [0.717, 1.165) is 19.1 Å². The summed E-state index contributed by atoms with van der Waals surface area (Å²) >= 11 is 6.25. The predicted molar refractivity (Wildman–Crippen MR) is 106 cm³/mol. The number of rotatable bonds is 9. The van der Waals surface area contributed by atoms with Gasteiger partial charge in [0.25, 0.3) is 0 Å². The van der Waals surface area contributed by atoms with Crippen LogP contribution in [0.3, 0.4) is 0 Å². The number of sulfone groups is 1. The van der Waals surface area contributed by atoms with Crippen LogP contribution < -0.4 is 14.8 Å². The molecular formula is C19H24ClNO5S. The lowest BCUT2D eigenvalue weighted by Crippen LogP contribution is -2.46. The molecule has 0 saturated heterocycles. The van der Waals surface area contributed by atoms with Gasteiger partial charge in [-0.25, -0.2) is 8.42 Å². The van der Waals surface area contributed by atoms with Crippen LogP contribution in [-0.2, 0) is 14.6 Å². The van der Waals surface area contributed by atoms with Gasteiger partial charge in [-0.15, -0.1) is 0 Å². The van der Waals surface area contributed by atoms with Crippen LogP contribution in [0.1, 0.15) is 19.8 Å². The van der Waals surface area contributed by atoms with Gasteiger partial charge < -0.3 is 14.8 Å². The number of hydrogen-bond donors (Lipinski definition) is 1. The summed E-state index contributed by atoms with van der Waals surface area (Å²) in [6.45, 7) is 2.72. The average molecular weight is 414 g/mol. The number of halogens is 1. The van der Waals surface area contributed by atoms with E-state index in [4.69, 9.17) is 21.1 Å². The van der Waals surface area contributed by atoms with Crippen LogP contribution in [0.25, 0.3) is 0 Å². The summed E-state index contributed by atoms with van der Waals surface area (Å²) in [6.07, 6.45) is 5.81. The van der Waals surface area contributed by atoms with Crippen LogP contribution in [0.5, 0.6) is 11.5 Å². The summed E-state index contributed by atoms with van der Waals surface area (Å²) in [4.78, 5) is 11.3. The molecule has 0 aliphatic heterocycles. The quantitative estimate of drug-likeness (QED) is 0.495. The topological polar surface area (TPSA) is 81.7 Å². The van der Waals surface area contributed by atoms with Crippen LogP contribution in [0.15, 0.2) is 40.8 Å². The SMILES string of the molecule is CCCCNC1C=C(C=O)C=C(S(C)(=O)=O)C1Oc1ccc(OC)cc1Cl. The van der Waals surface area contributed by atoms with E-state index in [1.54, 1.807) is 24.3 Å². The number of carbonyl (C=O) groups excluding carboxylic acids is 1. The number of hydrogen-bond acceptors (Lipinski definition) is 6. The van der Waals surface area contributed by atoms with E-state index in [1.807, 2.05) is 0 Å². The molecule has 2 rings (SSSR count). The molecule has 2 unspecified atom stereocenters. The first-order valence-corrected chi connectivity index (χ1v) is 10.9. The van der Waals surface area contributed by atoms with E-state index in [9.17, 15) is 13.2 Å². The van der Waals surface area contributed by atoms with Crippen molar-refractivity contribution in [3.05, 3.63) is 45.9 Å². The fourth-order valence-corrected chi connectivity index (χ4v) is 3.92.